The first-order valence-electron chi connectivity index (χ1n) is 7.41. The number of nitriles is 1. The van der Waals surface area contributed by atoms with E-state index in [1.54, 1.807) is 6.07 Å². The molecule has 2 heterocycles. The summed E-state index contributed by atoms with van der Waals surface area (Å²) in [6, 6.07) is 3.82. The van der Waals surface area contributed by atoms with Crippen LogP contribution in [0.3, 0.4) is 0 Å². The lowest BCUT2D eigenvalue weighted by molar-refractivity contribution is -0.132. The predicted octanol–water partition coefficient (Wildman–Crippen LogP) is 2.94. The molecule has 0 aromatic carbocycles. The average molecular weight is 307 g/mol. The van der Waals surface area contributed by atoms with E-state index in [2.05, 4.69) is 41.1 Å². The molecule has 2 aliphatic rings. The summed E-state index contributed by atoms with van der Waals surface area (Å²) in [6.07, 6.45) is 7.17. The zero-order valence-corrected chi connectivity index (χ0v) is 13.4. The Hall–Kier alpha value is -2.87. The molecule has 0 saturated heterocycles. The number of likely N-dealkylation sites (N-methyl/N-ethyl adjacent to an activating group) is 1. The van der Waals surface area contributed by atoms with Gasteiger partial charge in [-0.05, 0) is 31.1 Å². The molecule has 1 aromatic heterocycles. The Morgan fingerprint density at radius 3 is 2.91 bits per heavy atom. The number of ether oxygens (including phenoxy) is 1. The fourth-order valence-electron chi connectivity index (χ4n) is 2.82. The van der Waals surface area contributed by atoms with Gasteiger partial charge in [-0.2, -0.15) is 5.26 Å². The van der Waals surface area contributed by atoms with Crippen molar-refractivity contribution in [1.82, 2.24) is 9.88 Å². The van der Waals surface area contributed by atoms with Gasteiger partial charge in [0.15, 0.2) is 0 Å². The van der Waals surface area contributed by atoms with Crippen LogP contribution in [0.1, 0.15) is 37.1 Å². The van der Waals surface area contributed by atoms with Crippen LogP contribution in [-0.2, 0) is 11.3 Å². The molecule has 5 nitrogen and oxygen atoms in total. The summed E-state index contributed by atoms with van der Waals surface area (Å²) in [6.45, 7) is 4.05. The minimum absolute atomic E-state index is 0.0810. The van der Waals surface area contributed by atoms with E-state index >= 15 is 0 Å². The molecule has 1 aliphatic heterocycles. The summed E-state index contributed by atoms with van der Waals surface area (Å²) >= 11 is 0. The van der Waals surface area contributed by atoms with Crippen molar-refractivity contribution in [3.05, 3.63) is 52.4 Å². The number of pyridine rings is 1. The lowest BCUT2D eigenvalue weighted by atomic mass is 9.95. The highest BCUT2D eigenvalue weighted by molar-refractivity contribution is 5.82. The number of fused-ring (bicyclic) bond motifs is 3. The highest BCUT2D eigenvalue weighted by Crippen LogP contribution is 2.37. The van der Waals surface area contributed by atoms with Crippen molar-refractivity contribution in [3.8, 4) is 11.9 Å². The number of nitrogens with zero attached hydrogens (tertiary/aromatic N) is 3. The Morgan fingerprint density at radius 1 is 1.43 bits per heavy atom. The van der Waals surface area contributed by atoms with Crippen LogP contribution in [-0.4, -0.2) is 22.9 Å². The number of esters is 1. The predicted molar refractivity (Wildman–Crippen MR) is 86.2 cm³/mol. The van der Waals surface area contributed by atoms with Crippen molar-refractivity contribution < 1.29 is 9.53 Å². The molecule has 0 N–H and O–H groups in total. The van der Waals surface area contributed by atoms with Crippen LogP contribution in [0.4, 0.5) is 0 Å². The summed E-state index contributed by atoms with van der Waals surface area (Å²) < 4.78 is 5.12. The Morgan fingerprint density at radius 2 is 2.22 bits per heavy atom. The molecule has 116 valence electrons. The third kappa shape index (κ3) is 2.76. The summed E-state index contributed by atoms with van der Waals surface area (Å²) in [5, 5.41) is 9.28. The minimum Gasteiger partial charge on any atom is -0.406 e. The fraction of sp³-hybridized carbons (Fsp3) is 0.278. The van der Waals surface area contributed by atoms with Crippen molar-refractivity contribution in [2.24, 2.45) is 0 Å². The molecule has 0 amide bonds. The molecule has 0 spiro atoms. The SMILES string of the molecule is CC(=O)Oc1nc2c(cc1C#N)CN(C)C1=CC=C(C)CC=C12. The molecule has 0 radical (unpaired) electrons. The number of hydrogen-bond donors (Lipinski definition) is 0. The highest BCUT2D eigenvalue weighted by atomic mass is 16.5. The smallest absolute Gasteiger partial charge is 0.309 e. The van der Waals surface area contributed by atoms with Crippen LogP contribution in [0.15, 0.2) is 35.6 Å². The normalized spacial score (nSPS) is 16.1. The van der Waals surface area contributed by atoms with Crippen LogP contribution in [0.25, 0.3) is 5.57 Å². The number of aromatic nitrogens is 1. The van der Waals surface area contributed by atoms with Crippen molar-refractivity contribution in [3.63, 3.8) is 0 Å². The van der Waals surface area contributed by atoms with Crippen LogP contribution in [0, 0.1) is 11.3 Å². The number of allylic oxidation sites excluding steroid dienone is 5. The number of rotatable bonds is 1. The zero-order chi connectivity index (χ0) is 16.6. The third-order valence-corrected chi connectivity index (χ3v) is 3.93. The Kier molecular flexibility index (Phi) is 3.75. The lowest BCUT2D eigenvalue weighted by Crippen LogP contribution is -2.25. The van der Waals surface area contributed by atoms with Crippen molar-refractivity contribution in [2.45, 2.75) is 26.8 Å². The number of hydrogen-bond acceptors (Lipinski definition) is 5. The van der Waals surface area contributed by atoms with Gasteiger partial charge < -0.3 is 9.64 Å². The average Bonchev–Trinajstić information content (AvgIpc) is 2.70. The fourth-order valence-corrected chi connectivity index (χ4v) is 2.82. The van der Waals surface area contributed by atoms with Gasteiger partial charge in [0.25, 0.3) is 0 Å². The first-order valence-corrected chi connectivity index (χ1v) is 7.41. The number of carbonyl (C=O) groups is 1. The monoisotopic (exact) mass is 307 g/mol. The molecular formula is C18H17N3O2. The van der Waals surface area contributed by atoms with E-state index < -0.39 is 5.97 Å². The Labute approximate surface area is 135 Å². The van der Waals surface area contributed by atoms with E-state index in [0.29, 0.717) is 6.54 Å². The lowest BCUT2D eigenvalue weighted by Gasteiger charge is -2.31. The highest BCUT2D eigenvalue weighted by Gasteiger charge is 2.26. The van der Waals surface area contributed by atoms with Gasteiger partial charge in [0.05, 0.1) is 5.69 Å². The number of carbonyl (C=O) groups excluding carboxylic acids is 1. The molecule has 1 aliphatic carbocycles. The maximum absolute atomic E-state index is 11.3. The van der Waals surface area contributed by atoms with Gasteiger partial charge >= 0.3 is 5.97 Å². The van der Waals surface area contributed by atoms with Gasteiger partial charge in [-0.1, -0.05) is 17.7 Å². The van der Waals surface area contributed by atoms with Gasteiger partial charge in [0, 0.05) is 31.8 Å². The van der Waals surface area contributed by atoms with Gasteiger partial charge in [0.1, 0.15) is 11.6 Å². The van der Waals surface area contributed by atoms with Crippen LogP contribution < -0.4 is 4.74 Å². The molecular weight excluding hydrogens is 290 g/mol. The molecule has 0 bridgehead atoms. The third-order valence-electron chi connectivity index (χ3n) is 3.93. The molecule has 5 heteroatoms. The van der Waals surface area contributed by atoms with Gasteiger partial charge in [-0.15, -0.1) is 0 Å². The molecule has 0 fully saturated rings. The van der Waals surface area contributed by atoms with Crippen LogP contribution in [0.5, 0.6) is 5.88 Å². The summed E-state index contributed by atoms with van der Waals surface area (Å²) in [5.74, 6) is -0.400. The molecule has 1 aromatic rings. The van der Waals surface area contributed by atoms with Gasteiger partial charge in [0.2, 0.25) is 5.88 Å². The Balaban J connectivity index is 2.18. The summed E-state index contributed by atoms with van der Waals surface area (Å²) in [5.41, 5.74) is 5.39. The first kappa shape index (κ1) is 15.0. The molecule has 0 unspecified atom stereocenters. The van der Waals surface area contributed by atoms with Crippen LogP contribution in [0.2, 0.25) is 0 Å². The standard InChI is InChI=1S/C18H17N3O2/c1-11-4-6-15-16(7-5-11)21(3)10-14-8-13(9-19)18(20-17(14)15)23-12(2)22/h5-8H,4,10H2,1-3H3. The van der Waals surface area contributed by atoms with E-state index in [4.69, 9.17) is 4.74 Å². The van der Waals surface area contributed by atoms with E-state index in [-0.39, 0.29) is 11.4 Å². The molecule has 3 rings (SSSR count). The van der Waals surface area contributed by atoms with E-state index in [9.17, 15) is 10.1 Å². The Bertz CT molecular complexity index is 825. The second-order valence-electron chi connectivity index (χ2n) is 5.80. The quantitative estimate of drug-likeness (QED) is 0.746. The van der Waals surface area contributed by atoms with E-state index in [1.165, 1.54) is 12.5 Å². The molecule has 0 atom stereocenters. The van der Waals surface area contributed by atoms with Gasteiger partial charge in [-0.3, -0.25) is 4.79 Å². The first-order chi connectivity index (χ1) is 11.0. The minimum atomic E-state index is -0.481. The van der Waals surface area contributed by atoms with E-state index in [1.807, 2.05) is 7.05 Å². The molecule has 0 saturated carbocycles. The maximum atomic E-state index is 11.3. The van der Waals surface area contributed by atoms with Crippen molar-refractivity contribution in [2.75, 3.05) is 7.05 Å². The van der Waals surface area contributed by atoms with Crippen molar-refractivity contribution >= 4 is 11.5 Å². The molecule has 23 heavy (non-hydrogen) atoms. The van der Waals surface area contributed by atoms with Crippen LogP contribution >= 0.6 is 0 Å². The largest absolute Gasteiger partial charge is 0.406 e. The zero-order valence-electron chi connectivity index (χ0n) is 13.4. The summed E-state index contributed by atoms with van der Waals surface area (Å²) in [4.78, 5) is 17.9. The topological polar surface area (TPSA) is 66.2 Å². The van der Waals surface area contributed by atoms with Gasteiger partial charge in [-0.25, -0.2) is 4.98 Å². The van der Waals surface area contributed by atoms with E-state index in [0.717, 1.165) is 28.9 Å². The maximum Gasteiger partial charge on any atom is 0.309 e. The second kappa shape index (κ2) is 5.73. The second-order valence-corrected chi connectivity index (χ2v) is 5.80. The van der Waals surface area contributed by atoms with Crippen molar-refractivity contribution in [1.29, 1.82) is 5.26 Å². The summed E-state index contributed by atoms with van der Waals surface area (Å²) in [7, 11) is 2.02.